The number of para-hydroxylation sites is 1. The molecule has 0 bridgehead atoms. The van der Waals surface area contributed by atoms with Gasteiger partial charge < -0.3 is 14.2 Å². The number of aryl methyl sites for hydroxylation is 1. The van der Waals surface area contributed by atoms with Gasteiger partial charge in [0.25, 0.3) is 5.56 Å². The largest absolute Gasteiger partial charge is 0.496 e. The SMILES string of the molecule is COc1ccccc1[C@H]1C2=C(N=c3s/c(=C\c4cc(I)c(OCc5ccccc5C#N)c(OC)c4)c(=O)n31)c1ccccc1CC2. The number of hydrogen-bond donors (Lipinski definition) is 0. The summed E-state index contributed by atoms with van der Waals surface area (Å²) in [5, 5.41) is 9.46. The first-order valence-corrected chi connectivity index (χ1v) is 16.6. The number of halogens is 1. The highest BCUT2D eigenvalue weighted by Gasteiger charge is 2.34. The Hall–Kier alpha value is -4.66. The third kappa shape index (κ3) is 5.31. The van der Waals surface area contributed by atoms with Crippen molar-refractivity contribution in [3.8, 4) is 23.3 Å². The molecule has 9 heteroatoms. The van der Waals surface area contributed by atoms with Gasteiger partial charge in [0.1, 0.15) is 12.4 Å². The molecule has 4 aromatic carbocycles. The van der Waals surface area contributed by atoms with Crippen molar-refractivity contribution in [3.63, 3.8) is 0 Å². The van der Waals surface area contributed by atoms with Crippen LogP contribution < -0.4 is 29.1 Å². The predicted octanol–water partition coefficient (Wildman–Crippen LogP) is 6.39. The van der Waals surface area contributed by atoms with E-state index in [2.05, 4.69) is 46.9 Å². The predicted molar refractivity (Wildman–Crippen MR) is 187 cm³/mol. The van der Waals surface area contributed by atoms with E-state index in [0.29, 0.717) is 26.4 Å². The Kier molecular flexibility index (Phi) is 8.23. The Bertz CT molecular complexity index is 2260. The maximum absolute atomic E-state index is 14.3. The highest BCUT2D eigenvalue weighted by molar-refractivity contribution is 14.1. The zero-order valence-electron chi connectivity index (χ0n) is 25.1. The van der Waals surface area contributed by atoms with Crippen LogP contribution in [-0.2, 0) is 13.0 Å². The van der Waals surface area contributed by atoms with Crippen molar-refractivity contribution in [1.29, 1.82) is 5.26 Å². The minimum atomic E-state index is -0.334. The van der Waals surface area contributed by atoms with Gasteiger partial charge in [0.05, 0.1) is 45.7 Å². The van der Waals surface area contributed by atoms with Crippen LogP contribution in [0.15, 0.2) is 100 Å². The van der Waals surface area contributed by atoms with Crippen LogP contribution in [0, 0.1) is 14.9 Å². The van der Waals surface area contributed by atoms with E-state index in [0.717, 1.165) is 55.7 Å². The van der Waals surface area contributed by atoms with Crippen molar-refractivity contribution in [2.24, 2.45) is 4.99 Å². The van der Waals surface area contributed by atoms with E-state index in [1.807, 2.05) is 71.3 Å². The van der Waals surface area contributed by atoms with E-state index in [-0.39, 0.29) is 18.2 Å². The Labute approximate surface area is 283 Å². The first-order chi connectivity index (χ1) is 22.5. The molecule has 228 valence electrons. The van der Waals surface area contributed by atoms with E-state index in [4.69, 9.17) is 19.2 Å². The Morgan fingerprint density at radius 3 is 2.59 bits per heavy atom. The van der Waals surface area contributed by atoms with Gasteiger partial charge in [-0.25, -0.2) is 4.99 Å². The molecule has 46 heavy (non-hydrogen) atoms. The van der Waals surface area contributed by atoms with Gasteiger partial charge in [-0.15, -0.1) is 0 Å². The van der Waals surface area contributed by atoms with E-state index in [9.17, 15) is 10.1 Å². The number of rotatable bonds is 7. The first-order valence-electron chi connectivity index (χ1n) is 14.7. The molecule has 7 rings (SSSR count). The molecule has 0 spiro atoms. The Balaban J connectivity index is 1.34. The fourth-order valence-electron chi connectivity index (χ4n) is 6.21. The van der Waals surface area contributed by atoms with Gasteiger partial charge in [0, 0.05) is 16.7 Å². The molecule has 0 fully saturated rings. The summed E-state index contributed by atoms with van der Waals surface area (Å²) in [5.74, 6) is 1.86. The van der Waals surface area contributed by atoms with Crippen LogP contribution in [0.2, 0.25) is 0 Å². The number of ether oxygens (including phenoxy) is 3. The Morgan fingerprint density at radius 1 is 1.00 bits per heavy atom. The number of aromatic nitrogens is 1. The van der Waals surface area contributed by atoms with Crippen molar-refractivity contribution in [2.75, 3.05) is 14.2 Å². The number of thiazole rings is 1. The van der Waals surface area contributed by atoms with Crippen LogP contribution in [-0.4, -0.2) is 18.8 Å². The zero-order chi connectivity index (χ0) is 31.8. The van der Waals surface area contributed by atoms with Crippen LogP contribution in [0.1, 0.15) is 45.8 Å². The molecule has 2 heterocycles. The van der Waals surface area contributed by atoms with E-state index in [1.165, 1.54) is 16.9 Å². The lowest BCUT2D eigenvalue weighted by Crippen LogP contribution is -2.39. The number of nitriles is 1. The van der Waals surface area contributed by atoms with E-state index < -0.39 is 0 Å². The lowest BCUT2D eigenvalue weighted by atomic mass is 9.83. The number of nitrogens with zero attached hydrogens (tertiary/aromatic N) is 3. The molecule has 1 aliphatic carbocycles. The second-order valence-corrected chi connectivity index (χ2v) is 13.1. The second-order valence-electron chi connectivity index (χ2n) is 10.9. The lowest BCUT2D eigenvalue weighted by molar-refractivity contribution is 0.282. The van der Waals surface area contributed by atoms with Crippen LogP contribution in [0.5, 0.6) is 17.2 Å². The summed E-state index contributed by atoms with van der Waals surface area (Å²) in [6, 6.07) is 29.4. The lowest BCUT2D eigenvalue weighted by Gasteiger charge is -2.31. The van der Waals surface area contributed by atoms with Gasteiger partial charge in [0.2, 0.25) is 0 Å². The molecule has 5 aromatic rings. The van der Waals surface area contributed by atoms with Crippen LogP contribution in [0.3, 0.4) is 0 Å². The van der Waals surface area contributed by atoms with Crippen molar-refractivity contribution in [2.45, 2.75) is 25.5 Å². The van der Waals surface area contributed by atoms with Crippen LogP contribution >= 0.6 is 33.9 Å². The summed E-state index contributed by atoms with van der Waals surface area (Å²) in [5.41, 5.74) is 7.46. The summed E-state index contributed by atoms with van der Waals surface area (Å²) in [7, 11) is 3.26. The molecule has 1 atom stereocenters. The fourth-order valence-corrected chi connectivity index (χ4v) is 7.99. The van der Waals surface area contributed by atoms with E-state index in [1.54, 1.807) is 20.3 Å². The first kappa shape index (κ1) is 30.0. The fraction of sp³-hybridized carbons (Fsp3) is 0.162. The van der Waals surface area contributed by atoms with Crippen molar-refractivity contribution >= 4 is 45.7 Å². The molecular formula is C37H28IN3O4S. The normalized spacial score (nSPS) is 15.3. The smallest absolute Gasteiger partial charge is 0.271 e. The maximum atomic E-state index is 14.3. The molecule has 1 aromatic heterocycles. The molecule has 0 saturated carbocycles. The second kappa shape index (κ2) is 12.6. The molecule has 0 unspecified atom stereocenters. The number of methoxy groups -OCH3 is 2. The Morgan fingerprint density at radius 2 is 1.76 bits per heavy atom. The molecule has 0 radical (unpaired) electrons. The molecule has 0 amide bonds. The third-order valence-electron chi connectivity index (χ3n) is 8.37. The number of benzene rings is 4. The minimum Gasteiger partial charge on any atom is -0.496 e. The minimum absolute atomic E-state index is 0.104. The van der Waals surface area contributed by atoms with Gasteiger partial charge in [-0.2, -0.15) is 5.26 Å². The molecule has 0 N–H and O–H groups in total. The van der Waals surface area contributed by atoms with Crippen LogP contribution in [0.4, 0.5) is 0 Å². The molecule has 2 aliphatic rings. The molecular weight excluding hydrogens is 709 g/mol. The zero-order valence-corrected chi connectivity index (χ0v) is 28.1. The van der Waals surface area contributed by atoms with Gasteiger partial charge in [-0.05, 0) is 82.5 Å². The number of fused-ring (bicyclic) bond motifs is 3. The molecule has 0 saturated heterocycles. The maximum Gasteiger partial charge on any atom is 0.271 e. The molecule has 7 nitrogen and oxygen atoms in total. The third-order valence-corrected chi connectivity index (χ3v) is 10.2. The van der Waals surface area contributed by atoms with Gasteiger partial charge >= 0.3 is 0 Å². The summed E-state index contributed by atoms with van der Waals surface area (Å²) in [6.07, 6.45) is 3.58. The summed E-state index contributed by atoms with van der Waals surface area (Å²) in [4.78, 5) is 20.1. The van der Waals surface area contributed by atoms with E-state index >= 15 is 0 Å². The standard InChI is InChI=1S/C37H28IN3O4S/c1-43-30-14-8-7-13-27(30)34-28-16-15-23-9-5-6-12-26(23)33(28)40-37-41(34)36(42)32(46-37)19-22-17-29(38)35(31(18-22)44-2)45-21-25-11-4-3-10-24(25)20-39/h3-14,17-19,34H,15-16,21H2,1-2H3/b32-19-/t34-/m0/s1. The summed E-state index contributed by atoms with van der Waals surface area (Å²) in [6.45, 7) is 0.227. The summed E-state index contributed by atoms with van der Waals surface area (Å²) >= 11 is 3.60. The number of hydrogen-bond acceptors (Lipinski definition) is 7. The van der Waals surface area contributed by atoms with Gasteiger partial charge in [-0.3, -0.25) is 9.36 Å². The van der Waals surface area contributed by atoms with Crippen LogP contribution in [0.25, 0.3) is 11.8 Å². The highest BCUT2D eigenvalue weighted by Crippen LogP contribution is 2.43. The summed E-state index contributed by atoms with van der Waals surface area (Å²) < 4.78 is 20.9. The highest BCUT2D eigenvalue weighted by atomic mass is 127. The van der Waals surface area contributed by atoms with Crippen molar-refractivity contribution < 1.29 is 14.2 Å². The monoisotopic (exact) mass is 737 g/mol. The average Bonchev–Trinajstić information content (AvgIpc) is 3.40. The molecule has 1 aliphatic heterocycles. The average molecular weight is 738 g/mol. The van der Waals surface area contributed by atoms with Crippen molar-refractivity contribution in [3.05, 3.63) is 147 Å². The van der Waals surface area contributed by atoms with Crippen molar-refractivity contribution in [1.82, 2.24) is 4.57 Å². The van der Waals surface area contributed by atoms with Gasteiger partial charge in [0.15, 0.2) is 16.3 Å². The number of allylic oxidation sites excluding steroid dienone is 1. The van der Waals surface area contributed by atoms with Gasteiger partial charge in [-0.1, -0.05) is 72.0 Å². The quantitative estimate of drug-likeness (QED) is 0.181. The topological polar surface area (TPSA) is 85.8 Å².